The summed E-state index contributed by atoms with van der Waals surface area (Å²) in [6.45, 7) is 3.55. The van der Waals surface area contributed by atoms with Crippen molar-refractivity contribution in [2.75, 3.05) is 12.8 Å². The third-order valence-electron chi connectivity index (χ3n) is 3.24. The van der Waals surface area contributed by atoms with Crippen LogP contribution in [0, 0.1) is 12.7 Å². The van der Waals surface area contributed by atoms with Gasteiger partial charge in [0.05, 0.1) is 12.7 Å². The average Bonchev–Trinajstić information content (AvgIpc) is 2.49. The normalized spacial score (nSPS) is 10.5. The molecule has 1 aromatic carbocycles. The predicted octanol–water partition coefficient (Wildman–Crippen LogP) is 2.52. The fourth-order valence-electron chi connectivity index (χ4n) is 1.91. The van der Waals surface area contributed by atoms with Crippen LogP contribution in [0.25, 0.3) is 11.4 Å². The first-order valence-electron chi connectivity index (χ1n) is 6.49. The number of esters is 1. The molecule has 5 nitrogen and oxygen atoms in total. The van der Waals surface area contributed by atoms with Crippen molar-refractivity contribution in [2.45, 2.75) is 20.3 Å². The van der Waals surface area contributed by atoms with Crippen LogP contribution in [0.3, 0.4) is 0 Å². The van der Waals surface area contributed by atoms with E-state index in [1.165, 1.54) is 13.2 Å². The second kappa shape index (κ2) is 5.87. The molecule has 2 rings (SSSR count). The Kier molecular flexibility index (Phi) is 4.16. The number of nitrogen functional groups attached to an aromatic ring is 1. The van der Waals surface area contributed by atoms with Gasteiger partial charge in [0.15, 0.2) is 11.5 Å². The predicted molar refractivity (Wildman–Crippen MR) is 77.3 cm³/mol. The number of methoxy groups -OCH3 is 1. The largest absolute Gasteiger partial charge is 0.464 e. The number of ether oxygens (including phenoxy) is 1. The quantitative estimate of drug-likeness (QED) is 0.878. The first-order chi connectivity index (χ1) is 9.97. The van der Waals surface area contributed by atoms with Crippen LogP contribution in [-0.4, -0.2) is 23.0 Å². The fraction of sp³-hybridized carbons (Fsp3) is 0.267. The van der Waals surface area contributed by atoms with Gasteiger partial charge in [0.25, 0.3) is 0 Å². The van der Waals surface area contributed by atoms with Gasteiger partial charge in [0.1, 0.15) is 11.6 Å². The van der Waals surface area contributed by atoms with Gasteiger partial charge in [-0.15, -0.1) is 0 Å². The highest BCUT2D eigenvalue weighted by molar-refractivity contribution is 5.90. The Bertz CT molecular complexity index is 702. The summed E-state index contributed by atoms with van der Waals surface area (Å²) in [5.74, 6) is -0.889. The molecule has 0 aliphatic carbocycles. The molecule has 0 saturated carbocycles. The zero-order valence-corrected chi connectivity index (χ0v) is 12.1. The monoisotopic (exact) mass is 289 g/mol. The van der Waals surface area contributed by atoms with Crippen LogP contribution in [-0.2, 0) is 11.2 Å². The molecule has 0 atom stereocenters. The smallest absolute Gasteiger partial charge is 0.357 e. The van der Waals surface area contributed by atoms with Gasteiger partial charge in [0, 0.05) is 5.56 Å². The molecule has 0 bridgehead atoms. The van der Waals surface area contributed by atoms with Gasteiger partial charge >= 0.3 is 5.97 Å². The van der Waals surface area contributed by atoms with Crippen LogP contribution in [0.4, 0.5) is 10.2 Å². The van der Waals surface area contributed by atoms with Gasteiger partial charge in [-0.25, -0.2) is 19.2 Å². The molecule has 2 N–H and O–H groups in total. The van der Waals surface area contributed by atoms with E-state index in [9.17, 15) is 9.18 Å². The number of benzene rings is 1. The first kappa shape index (κ1) is 14.9. The molecule has 110 valence electrons. The highest BCUT2D eigenvalue weighted by Gasteiger charge is 2.18. The van der Waals surface area contributed by atoms with Gasteiger partial charge in [-0.3, -0.25) is 0 Å². The van der Waals surface area contributed by atoms with Gasteiger partial charge in [0.2, 0.25) is 0 Å². The number of hydrogen-bond acceptors (Lipinski definition) is 5. The van der Waals surface area contributed by atoms with Crippen molar-refractivity contribution in [3.63, 3.8) is 0 Å². The summed E-state index contributed by atoms with van der Waals surface area (Å²) in [5, 5.41) is 0. The molecule has 0 saturated heterocycles. The van der Waals surface area contributed by atoms with Crippen molar-refractivity contribution in [3.05, 3.63) is 40.8 Å². The summed E-state index contributed by atoms with van der Waals surface area (Å²) < 4.78 is 18.8. The van der Waals surface area contributed by atoms with E-state index in [2.05, 4.69) is 14.7 Å². The van der Waals surface area contributed by atoms with Crippen LogP contribution in [0.15, 0.2) is 18.2 Å². The fourth-order valence-corrected chi connectivity index (χ4v) is 1.91. The maximum absolute atomic E-state index is 14.1. The molecule has 0 spiro atoms. The summed E-state index contributed by atoms with van der Waals surface area (Å²) in [5.41, 5.74) is 7.29. The zero-order chi connectivity index (χ0) is 15.6. The first-order valence-corrected chi connectivity index (χ1v) is 6.49. The Hall–Kier alpha value is -2.50. The summed E-state index contributed by atoms with van der Waals surface area (Å²) >= 11 is 0. The number of nitrogens with two attached hydrogens (primary N) is 1. The van der Waals surface area contributed by atoms with Crippen molar-refractivity contribution in [2.24, 2.45) is 0 Å². The Morgan fingerprint density at radius 2 is 2.10 bits per heavy atom. The summed E-state index contributed by atoms with van der Waals surface area (Å²) in [4.78, 5) is 19.8. The Morgan fingerprint density at radius 1 is 1.38 bits per heavy atom. The van der Waals surface area contributed by atoms with E-state index in [-0.39, 0.29) is 22.9 Å². The molecule has 2 aromatic rings. The lowest BCUT2D eigenvalue weighted by Gasteiger charge is -2.09. The van der Waals surface area contributed by atoms with Crippen molar-refractivity contribution in [1.29, 1.82) is 0 Å². The van der Waals surface area contributed by atoms with E-state index >= 15 is 0 Å². The second-order valence-corrected chi connectivity index (χ2v) is 4.57. The van der Waals surface area contributed by atoms with E-state index in [0.29, 0.717) is 5.56 Å². The van der Waals surface area contributed by atoms with Gasteiger partial charge in [-0.2, -0.15) is 0 Å². The number of hydrogen-bond donors (Lipinski definition) is 1. The van der Waals surface area contributed by atoms with Crippen molar-refractivity contribution < 1.29 is 13.9 Å². The van der Waals surface area contributed by atoms with E-state index in [1.54, 1.807) is 19.1 Å². The van der Waals surface area contributed by atoms with Crippen molar-refractivity contribution in [3.8, 4) is 11.4 Å². The van der Waals surface area contributed by atoms with E-state index in [0.717, 1.165) is 12.0 Å². The Labute approximate surface area is 122 Å². The minimum atomic E-state index is -0.631. The van der Waals surface area contributed by atoms with Crippen molar-refractivity contribution in [1.82, 2.24) is 9.97 Å². The topological polar surface area (TPSA) is 78.1 Å². The van der Waals surface area contributed by atoms with E-state index in [4.69, 9.17) is 5.73 Å². The summed E-state index contributed by atoms with van der Waals surface area (Å²) in [6, 6.07) is 4.79. The average molecular weight is 289 g/mol. The molecule has 1 heterocycles. The number of anilines is 1. The third-order valence-corrected chi connectivity index (χ3v) is 3.24. The molecule has 0 radical (unpaired) electrons. The van der Waals surface area contributed by atoms with Gasteiger partial charge < -0.3 is 10.5 Å². The van der Waals surface area contributed by atoms with Crippen LogP contribution in [0.2, 0.25) is 0 Å². The zero-order valence-electron chi connectivity index (χ0n) is 12.1. The lowest BCUT2D eigenvalue weighted by atomic mass is 10.1. The summed E-state index contributed by atoms with van der Waals surface area (Å²) in [6.07, 6.45) is 0.724. The van der Waals surface area contributed by atoms with Crippen LogP contribution in [0.5, 0.6) is 0 Å². The summed E-state index contributed by atoms with van der Waals surface area (Å²) in [7, 11) is 1.25. The van der Waals surface area contributed by atoms with Gasteiger partial charge in [-0.1, -0.05) is 13.0 Å². The minimum absolute atomic E-state index is 0.0407. The number of halogens is 1. The molecule has 0 amide bonds. The number of aryl methyl sites for hydroxylation is 1. The molecule has 0 fully saturated rings. The van der Waals surface area contributed by atoms with Crippen LogP contribution >= 0.6 is 0 Å². The molecule has 0 aliphatic heterocycles. The van der Waals surface area contributed by atoms with Gasteiger partial charge in [-0.05, 0) is 31.0 Å². The second-order valence-electron chi connectivity index (χ2n) is 4.57. The highest BCUT2D eigenvalue weighted by Crippen LogP contribution is 2.24. The third kappa shape index (κ3) is 2.84. The standard InChI is InChI=1S/C15H16FN3O2/c1-4-9-5-6-10(11(16)7-9)14-18-12(15(20)21-3)8(2)13(17)19-14/h5-7H,4H2,1-3H3,(H2,17,18,19). The Balaban J connectivity index is 2.59. The molecule has 21 heavy (non-hydrogen) atoms. The molecule has 6 heteroatoms. The maximum atomic E-state index is 14.1. The Morgan fingerprint density at radius 3 is 2.67 bits per heavy atom. The molecule has 1 aromatic heterocycles. The maximum Gasteiger partial charge on any atom is 0.357 e. The van der Waals surface area contributed by atoms with Crippen LogP contribution in [0.1, 0.15) is 28.5 Å². The number of nitrogens with zero attached hydrogens (tertiary/aromatic N) is 2. The number of aromatic nitrogens is 2. The number of rotatable bonds is 3. The molecule has 0 aliphatic rings. The number of carbonyl (C=O) groups is 1. The van der Waals surface area contributed by atoms with Crippen molar-refractivity contribution >= 4 is 11.8 Å². The lowest BCUT2D eigenvalue weighted by molar-refractivity contribution is 0.0593. The lowest BCUT2D eigenvalue weighted by Crippen LogP contribution is -2.12. The molecule has 0 unspecified atom stereocenters. The van der Waals surface area contributed by atoms with E-state index < -0.39 is 11.8 Å². The van der Waals surface area contributed by atoms with E-state index in [1.807, 2.05) is 6.92 Å². The SMILES string of the molecule is CCc1ccc(-c2nc(N)c(C)c(C(=O)OC)n2)c(F)c1. The van der Waals surface area contributed by atoms with Crippen LogP contribution < -0.4 is 5.73 Å². The molecular weight excluding hydrogens is 273 g/mol. The minimum Gasteiger partial charge on any atom is -0.464 e. The number of carbonyl (C=O) groups excluding carboxylic acids is 1. The molecular formula is C15H16FN3O2. The highest BCUT2D eigenvalue weighted by atomic mass is 19.1.